The van der Waals surface area contributed by atoms with E-state index in [1.54, 1.807) is 11.8 Å². The monoisotopic (exact) mass is 317 g/mol. The average Bonchev–Trinajstić information content (AvgIpc) is 2.45. The zero-order valence-corrected chi connectivity index (χ0v) is 13.7. The SMILES string of the molecule is CCCN1CCC(NC(=O)N[C@@H](CCSC)C(=O)O)CC1. The second-order valence-corrected chi connectivity index (χ2v) is 6.39. The molecule has 2 amide bonds. The molecule has 0 radical (unpaired) electrons. The number of thioether (sulfide) groups is 1. The number of carboxylic acids is 1. The number of hydrogen-bond acceptors (Lipinski definition) is 4. The quantitative estimate of drug-likeness (QED) is 0.630. The minimum absolute atomic E-state index is 0.146. The van der Waals surface area contributed by atoms with E-state index in [0.717, 1.165) is 38.9 Å². The molecule has 1 rings (SSSR count). The standard InChI is InChI=1S/C14H27N3O3S/c1-3-7-17-8-4-11(5-9-17)15-14(20)16-12(13(18)19)6-10-21-2/h11-12H,3-10H2,1-2H3,(H,18,19)(H2,15,16,20)/t12-/m0/s1. The van der Waals surface area contributed by atoms with Crippen molar-refractivity contribution in [2.24, 2.45) is 0 Å². The first-order chi connectivity index (χ1) is 10.1. The van der Waals surface area contributed by atoms with E-state index in [0.29, 0.717) is 12.2 Å². The van der Waals surface area contributed by atoms with Crippen LogP contribution in [0.5, 0.6) is 0 Å². The average molecular weight is 317 g/mol. The molecule has 1 atom stereocenters. The van der Waals surface area contributed by atoms with Crippen molar-refractivity contribution in [3.8, 4) is 0 Å². The number of amides is 2. The van der Waals surface area contributed by atoms with Gasteiger partial charge in [0, 0.05) is 19.1 Å². The van der Waals surface area contributed by atoms with Crippen LogP contribution in [0.1, 0.15) is 32.6 Å². The largest absolute Gasteiger partial charge is 0.480 e. The van der Waals surface area contributed by atoms with Gasteiger partial charge in [-0.25, -0.2) is 9.59 Å². The topological polar surface area (TPSA) is 81.7 Å². The lowest BCUT2D eigenvalue weighted by Gasteiger charge is -2.32. The van der Waals surface area contributed by atoms with E-state index in [-0.39, 0.29) is 12.1 Å². The number of likely N-dealkylation sites (tertiary alicyclic amines) is 1. The van der Waals surface area contributed by atoms with Crippen LogP contribution in [0, 0.1) is 0 Å². The molecule has 0 aromatic carbocycles. The van der Waals surface area contributed by atoms with Gasteiger partial charge in [0.1, 0.15) is 6.04 Å². The Labute approximate surface area is 131 Å². The highest BCUT2D eigenvalue weighted by Gasteiger charge is 2.23. The summed E-state index contributed by atoms with van der Waals surface area (Å²) >= 11 is 1.57. The highest BCUT2D eigenvalue weighted by Crippen LogP contribution is 2.10. The molecular formula is C14H27N3O3S. The van der Waals surface area contributed by atoms with Gasteiger partial charge in [-0.1, -0.05) is 6.92 Å². The number of carbonyl (C=O) groups excluding carboxylic acids is 1. The predicted octanol–water partition coefficient (Wildman–Crippen LogP) is 1.37. The smallest absolute Gasteiger partial charge is 0.326 e. The van der Waals surface area contributed by atoms with Crippen LogP contribution in [0.4, 0.5) is 4.79 Å². The summed E-state index contributed by atoms with van der Waals surface area (Å²) in [4.78, 5) is 25.4. The Morgan fingerprint density at radius 2 is 2.05 bits per heavy atom. The molecule has 1 aliphatic heterocycles. The van der Waals surface area contributed by atoms with Gasteiger partial charge in [-0.3, -0.25) is 0 Å². The maximum Gasteiger partial charge on any atom is 0.326 e. The number of carboxylic acid groups (broad SMARTS) is 1. The van der Waals surface area contributed by atoms with Crippen LogP contribution in [-0.4, -0.2) is 65.7 Å². The second-order valence-electron chi connectivity index (χ2n) is 5.41. The van der Waals surface area contributed by atoms with E-state index >= 15 is 0 Å². The summed E-state index contributed by atoms with van der Waals surface area (Å²) in [6.07, 6.45) is 5.36. The molecule has 1 saturated heterocycles. The Bertz CT molecular complexity index is 333. The van der Waals surface area contributed by atoms with E-state index in [1.165, 1.54) is 0 Å². The predicted molar refractivity (Wildman–Crippen MR) is 85.8 cm³/mol. The summed E-state index contributed by atoms with van der Waals surface area (Å²) in [6, 6.07) is -1.02. The Morgan fingerprint density at radius 1 is 1.38 bits per heavy atom. The fraction of sp³-hybridized carbons (Fsp3) is 0.857. The third-order valence-corrected chi connectivity index (χ3v) is 4.32. The van der Waals surface area contributed by atoms with Gasteiger partial charge < -0.3 is 20.6 Å². The molecule has 0 unspecified atom stereocenters. The highest BCUT2D eigenvalue weighted by atomic mass is 32.2. The summed E-state index contributed by atoms with van der Waals surface area (Å²) in [5.74, 6) is -0.260. The van der Waals surface area contributed by atoms with Crippen LogP contribution in [0.3, 0.4) is 0 Å². The third-order valence-electron chi connectivity index (χ3n) is 3.68. The molecule has 0 saturated carbocycles. The fourth-order valence-electron chi connectivity index (χ4n) is 2.50. The van der Waals surface area contributed by atoms with Gasteiger partial charge in [-0.2, -0.15) is 11.8 Å². The normalized spacial score (nSPS) is 18.2. The number of piperidine rings is 1. The molecule has 1 aliphatic rings. The molecule has 122 valence electrons. The summed E-state index contributed by atoms with van der Waals surface area (Å²) in [5, 5.41) is 14.5. The summed E-state index contributed by atoms with van der Waals surface area (Å²) in [5.41, 5.74) is 0. The minimum Gasteiger partial charge on any atom is -0.480 e. The van der Waals surface area contributed by atoms with E-state index in [2.05, 4.69) is 22.5 Å². The van der Waals surface area contributed by atoms with Crippen molar-refractivity contribution < 1.29 is 14.7 Å². The molecule has 1 heterocycles. The van der Waals surface area contributed by atoms with Crippen molar-refractivity contribution in [1.29, 1.82) is 0 Å². The molecule has 0 aromatic heterocycles. The van der Waals surface area contributed by atoms with E-state index in [4.69, 9.17) is 5.11 Å². The van der Waals surface area contributed by atoms with Gasteiger partial charge in [-0.05, 0) is 44.2 Å². The van der Waals surface area contributed by atoms with Crippen molar-refractivity contribution in [3.05, 3.63) is 0 Å². The molecule has 3 N–H and O–H groups in total. The molecule has 0 spiro atoms. The minimum atomic E-state index is -0.975. The van der Waals surface area contributed by atoms with Crippen LogP contribution in [0.15, 0.2) is 0 Å². The van der Waals surface area contributed by atoms with Crippen LogP contribution in [0.25, 0.3) is 0 Å². The summed E-state index contributed by atoms with van der Waals surface area (Å²) < 4.78 is 0. The Morgan fingerprint density at radius 3 is 2.57 bits per heavy atom. The number of urea groups is 1. The van der Waals surface area contributed by atoms with E-state index < -0.39 is 12.0 Å². The maximum atomic E-state index is 11.9. The van der Waals surface area contributed by atoms with Crippen LogP contribution in [-0.2, 0) is 4.79 Å². The number of rotatable bonds is 8. The molecule has 6 nitrogen and oxygen atoms in total. The molecule has 0 aliphatic carbocycles. The number of nitrogens with one attached hydrogen (secondary N) is 2. The molecule has 7 heteroatoms. The van der Waals surface area contributed by atoms with Crippen LogP contribution < -0.4 is 10.6 Å². The summed E-state index contributed by atoms with van der Waals surface area (Å²) in [7, 11) is 0. The third kappa shape index (κ3) is 7.04. The number of aliphatic carboxylic acids is 1. The van der Waals surface area contributed by atoms with Gasteiger partial charge in [0.25, 0.3) is 0 Å². The van der Waals surface area contributed by atoms with Gasteiger partial charge >= 0.3 is 12.0 Å². The highest BCUT2D eigenvalue weighted by molar-refractivity contribution is 7.98. The molecule has 1 fully saturated rings. The van der Waals surface area contributed by atoms with Crippen molar-refractivity contribution in [1.82, 2.24) is 15.5 Å². The van der Waals surface area contributed by atoms with Crippen molar-refractivity contribution in [3.63, 3.8) is 0 Å². The van der Waals surface area contributed by atoms with E-state index in [9.17, 15) is 9.59 Å². The van der Waals surface area contributed by atoms with Gasteiger partial charge in [-0.15, -0.1) is 0 Å². The first-order valence-electron chi connectivity index (χ1n) is 7.58. The van der Waals surface area contributed by atoms with Crippen LogP contribution >= 0.6 is 11.8 Å². The number of hydrogen-bond donors (Lipinski definition) is 3. The van der Waals surface area contributed by atoms with Gasteiger partial charge in [0.05, 0.1) is 0 Å². The molecule has 21 heavy (non-hydrogen) atoms. The van der Waals surface area contributed by atoms with Crippen molar-refractivity contribution >= 4 is 23.8 Å². The van der Waals surface area contributed by atoms with Gasteiger partial charge in [0.2, 0.25) is 0 Å². The maximum absolute atomic E-state index is 11.9. The van der Waals surface area contributed by atoms with Gasteiger partial charge in [0.15, 0.2) is 0 Å². The molecular weight excluding hydrogens is 290 g/mol. The summed E-state index contributed by atoms with van der Waals surface area (Å²) in [6.45, 7) is 5.26. The Kier molecular flexibility index (Phi) is 8.52. The first kappa shape index (κ1) is 18.1. The Balaban J connectivity index is 2.31. The Hall–Kier alpha value is -0.950. The molecule has 0 aromatic rings. The number of carbonyl (C=O) groups is 2. The van der Waals surface area contributed by atoms with E-state index in [1.807, 2.05) is 6.26 Å². The van der Waals surface area contributed by atoms with Crippen molar-refractivity contribution in [2.45, 2.75) is 44.7 Å². The lowest BCUT2D eigenvalue weighted by molar-refractivity contribution is -0.139. The lowest BCUT2D eigenvalue weighted by atomic mass is 10.1. The van der Waals surface area contributed by atoms with Crippen molar-refractivity contribution in [2.75, 3.05) is 31.6 Å². The first-order valence-corrected chi connectivity index (χ1v) is 8.97. The second kappa shape index (κ2) is 9.89. The van der Waals surface area contributed by atoms with Crippen LogP contribution in [0.2, 0.25) is 0 Å². The fourth-order valence-corrected chi connectivity index (χ4v) is 2.97. The lowest BCUT2D eigenvalue weighted by Crippen LogP contribution is -2.51. The molecule has 0 bridgehead atoms. The number of nitrogens with zero attached hydrogens (tertiary/aromatic N) is 1. The zero-order valence-electron chi connectivity index (χ0n) is 12.9. The zero-order chi connectivity index (χ0) is 15.7.